The number of aromatic nitrogens is 1. The standard InChI is InChI=1S/C18H21N3O.ClH/c22-18-15-3-1-2-14-6-9-20(17(14)15)10-11-21(18)16-12-19-7-4-13(16)5-8-19;/h1-3,6,9,13,16H,4-5,7-8,10-12H2;1H/t16-;/m1./s1. The van der Waals surface area contributed by atoms with Crippen molar-refractivity contribution in [2.45, 2.75) is 25.4 Å². The molecule has 5 heteroatoms. The van der Waals surface area contributed by atoms with E-state index in [1.807, 2.05) is 12.1 Å². The van der Waals surface area contributed by atoms with Crippen LogP contribution in [0.5, 0.6) is 0 Å². The lowest BCUT2D eigenvalue weighted by Gasteiger charge is -2.48. The van der Waals surface area contributed by atoms with E-state index >= 15 is 0 Å². The second-order valence-corrected chi connectivity index (χ2v) is 6.96. The summed E-state index contributed by atoms with van der Waals surface area (Å²) in [4.78, 5) is 17.9. The van der Waals surface area contributed by atoms with Crippen molar-refractivity contribution in [3.05, 3.63) is 36.0 Å². The van der Waals surface area contributed by atoms with Gasteiger partial charge in [0.05, 0.1) is 11.1 Å². The number of para-hydroxylation sites is 1. The maximum atomic E-state index is 13.2. The van der Waals surface area contributed by atoms with Gasteiger partial charge in [-0.25, -0.2) is 0 Å². The Labute approximate surface area is 142 Å². The van der Waals surface area contributed by atoms with Crippen LogP contribution in [0.4, 0.5) is 0 Å². The molecule has 3 saturated heterocycles. The fourth-order valence-corrected chi connectivity index (χ4v) is 4.70. The molecule has 0 N–H and O–H groups in total. The summed E-state index contributed by atoms with van der Waals surface area (Å²) < 4.78 is 2.25. The Morgan fingerprint density at radius 3 is 2.57 bits per heavy atom. The highest BCUT2D eigenvalue weighted by molar-refractivity contribution is 6.06. The first-order chi connectivity index (χ1) is 10.8. The SMILES string of the molecule is Cl.O=C1c2cccc3ccn(c23)CCN1[C@@H]1CN2CCC1CC2. The van der Waals surface area contributed by atoms with Crippen molar-refractivity contribution < 1.29 is 4.79 Å². The first-order valence-electron chi connectivity index (χ1n) is 8.42. The van der Waals surface area contributed by atoms with Gasteiger partial charge in [-0.05, 0) is 44.0 Å². The maximum absolute atomic E-state index is 13.2. The number of benzene rings is 1. The smallest absolute Gasteiger partial charge is 0.256 e. The number of hydrogen-bond donors (Lipinski definition) is 0. The molecule has 0 aliphatic carbocycles. The van der Waals surface area contributed by atoms with Crippen molar-refractivity contribution in [2.75, 3.05) is 26.2 Å². The van der Waals surface area contributed by atoms with E-state index in [2.05, 4.69) is 32.7 Å². The van der Waals surface area contributed by atoms with Gasteiger partial charge in [0.1, 0.15) is 0 Å². The molecule has 4 aliphatic rings. The largest absolute Gasteiger partial charge is 0.345 e. The molecule has 4 aliphatic heterocycles. The third-order valence-electron chi connectivity index (χ3n) is 5.88. The molecule has 122 valence electrons. The minimum atomic E-state index is 0. The highest BCUT2D eigenvalue weighted by Crippen LogP contribution is 2.33. The van der Waals surface area contributed by atoms with E-state index < -0.39 is 0 Å². The molecular weight excluding hydrogens is 310 g/mol. The molecule has 3 fully saturated rings. The number of fused-ring (bicyclic) bond motifs is 3. The minimum absolute atomic E-state index is 0. The number of rotatable bonds is 1. The van der Waals surface area contributed by atoms with Gasteiger partial charge >= 0.3 is 0 Å². The molecule has 1 aromatic heterocycles. The molecule has 0 unspecified atom stereocenters. The highest BCUT2D eigenvalue weighted by atomic mass is 35.5. The van der Waals surface area contributed by atoms with Gasteiger partial charge in [0.15, 0.2) is 0 Å². The van der Waals surface area contributed by atoms with Crippen molar-refractivity contribution >= 4 is 29.2 Å². The Kier molecular flexibility index (Phi) is 3.62. The van der Waals surface area contributed by atoms with Gasteiger partial charge in [-0.15, -0.1) is 12.4 Å². The first-order valence-corrected chi connectivity index (χ1v) is 8.42. The molecule has 23 heavy (non-hydrogen) atoms. The molecule has 4 nitrogen and oxygen atoms in total. The number of piperidine rings is 3. The van der Waals surface area contributed by atoms with Gasteiger partial charge in [-0.3, -0.25) is 4.79 Å². The lowest BCUT2D eigenvalue weighted by atomic mass is 9.83. The molecule has 0 radical (unpaired) electrons. The van der Waals surface area contributed by atoms with Crippen molar-refractivity contribution in [1.29, 1.82) is 0 Å². The van der Waals surface area contributed by atoms with Crippen molar-refractivity contribution in [1.82, 2.24) is 14.4 Å². The van der Waals surface area contributed by atoms with Gasteiger partial charge in [0.25, 0.3) is 5.91 Å². The van der Waals surface area contributed by atoms with Gasteiger partial charge < -0.3 is 14.4 Å². The first kappa shape index (κ1) is 15.0. The van der Waals surface area contributed by atoms with Crippen molar-refractivity contribution in [2.24, 2.45) is 5.92 Å². The number of hydrogen-bond acceptors (Lipinski definition) is 2. The van der Waals surface area contributed by atoms with Gasteiger partial charge in [0.2, 0.25) is 0 Å². The zero-order valence-corrected chi connectivity index (χ0v) is 14.0. The zero-order valence-electron chi connectivity index (χ0n) is 13.1. The van der Waals surface area contributed by atoms with Crippen LogP contribution < -0.4 is 0 Å². The second-order valence-electron chi connectivity index (χ2n) is 6.96. The summed E-state index contributed by atoms with van der Waals surface area (Å²) in [5.74, 6) is 0.937. The van der Waals surface area contributed by atoms with Crippen LogP contribution in [0.2, 0.25) is 0 Å². The van der Waals surface area contributed by atoms with E-state index in [0.29, 0.717) is 12.0 Å². The van der Waals surface area contributed by atoms with Crippen molar-refractivity contribution in [3.8, 4) is 0 Å². The van der Waals surface area contributed by atoms with Gasteiger partial charge in [0, 0.05) is 37.3 Å². The predicted octanol–water partition coefficient (Wildman–Crippen LogP) is 2.61. The van der Waals surface area contributed by atoms with Crippen LogP contribution in [0.3, 0.4) is 0 Å². The molecule has 1 amide bonds. The monoisotopic (exact) mass is 331 g/mol. The van der Waals surface area contributed by atoms with Crippen LogP contribution in [-0.2, 0) is 6.54 Å². The van der Waals surface area contributed by atoms with E-state index in [1.54, 1.807) is 0 Å². The average molecular weight is 332 g/mol. The summed E-state index contributed by atoms with van der Waals surface area (Å²) in [7, 11) is 0. The normalized spacial score (nSPS) is 29.5. The average Bonchev–Trinajstić information content (AvgIpc) is 2.93. The number of carbonyl (C=O) groups is 1. The van der Waals surface area contributed by atoms with E-state index in [-0.39, 0.29) is 18.3 Å². The maximum Gasteiger partial charge on any atom is 0.256 e. The third kappa shape index (κ3) is 2.19. The topological polar surface area (TPSA) is 28.5 Å². The van der Waals surface area contributed by atoms with E-state index in [4.69, 9.17) is 0 Å². The quantitative estimate of drug-likeness (QED) is 0.803. The van der Waals surface area contributed by atoms with Gasteiger partial charge in [-0.2, -0.15) is 0 Å². The summed E-state index contributed by atoms with van der Waals surface area (Å²) in [5.41, 5.74) is 2.01. The molecule has 6 rings (SSSR count). The Morgan fingerprint density at radius 2 is 1.83 bits per heavy atom. The minimum Gasteiger partial charge on any atom is -0.345 e. The zero-order chi connectivity index (χ0) is 14.7. The number of halogens is 1. The summed E-state index contributed by atoms with van der Waals surface area (Å²) in [6.07, 6.45) is 4.64. The van der Waals surface area contributed by atoms with Crippen LogP contribution in [0.15, 0.2) is 30.5 Å². The van der Waals surface area contributed by atoms with Crippen molar-refractivity contribution in [3.63, 3.8) is 0 Å². The van der Waals surface area contributed by atoms with Crippen LogP contribution in [0.25, 0.3) is 10.9 Å². The highest BCUT2D eigenvalue weighted by Gasteiger charge is 2.40. The molecule has 1 atom stereocenters. The second kappa shape index (κ2) is 5.53. The fraction of sp³-hybridized carbons (Fsp3) is 0.500. The summed E-state index contributed by atoms with van der Waals surface area (Å²) >= 11 is 0. The van der Waals surface area contributed by atoms with E-state index in [0.717, 1.165) is 30.7 Å². The fourth-order valence-electron chi connectivity index (χ4n) is 4.70. The van der Waals surface area contributed by atoms with E-state index in [1.165, 1.54) is 31.3 Å². The Bertz CT molecular complexity index is 748. The number of nitrogens with zero attached hydrogens (tertiary/aromatic N) is 3. The lowest BCUT2D eigenvalue weighted by Crippen LogP contribution is -2.58. The number of amides is 1. The predicted molar refractivity (Wildman–Crippen MR) is 93.2 cm³/mol. The molecule has 0 spiro atoms. The Balaban J connectivity index is 0.00000135. The van der Waals surface area contributed by atoms with E-state index in [9.17, 15) is 4.79 Å². The summed E-state index contributed by atoms with van der Waals surface area (Å²) in [6.45, 7) is 5.26. The third-order valence-corrected chi connectivity index (χ3v) is 5.88. The Morgan fingerprint density at radius 1 is 1.00 bits per heavy atom. The summed E-state index contributed by atoms with van der Waals surface area (Å²) in [5, 5.41) is 1.18. The molecular formula is C18H22ClN3O. The molecule has 5 heterocycles. The Hall–Kier alpha value is -1.52. The van der Waals surface area contributed by atoms with Crippen LogP contribution in [0.1, 0.15) is 23.2 Å². The number of carbonyl (C=O) groups excluding carboxylic acids is 1. The van der Waals surface area contributed by atoms with Crippen LogP contribution in [0, 0.1) is 5.92 Å². The van der Waals surface area contributed by atoms with Crippen LogP contribution >= 0.6 is 12.4 Å². The molecule has 2 aromatic rings. The molecule has 1 aromatic carbocycles. The summed E-state index contributed by atoms with van der Waals surface area (Å²) in [6, 6.07) is 8.65. The van der Waals surface area contributed by atoms with Gasteiger partial charge in [-0.1, -0.05) is 12.1 Å². The molecule has 0 saturated carbocycles. The lowest BCUT2D eigenvalue weighted by molar-refractivity contribution is 0.00727. The molecule has 2 bridgehead atoms. The van der Waals surface area contributed by atoms with Crippen LogP contribution in [-0.4, -0.2) is 52.5 Å².